The van der Waals surface area contributed by atoms with Gasteiger partial charge in [-0.05, 0) is 43.0 Å². The van der Waals surface area contributed by atoms with E-state index in [-0.39, 0.29) is 12.1 Å². The van der Waals surface area contributed by atoms with Crippen LogP contribution < -0.4 is 10.1 Å². The van der Waals surface area contributed by atoms with Gasteiger partial charge >= 0.3 is 0 Å². The average molecular weight is 413 g/mol. The van der Waals surface area contributed by atoms with E-state index in [1.165, 1.54) is 16.0 Å². The Kier molecular flexibility index (Phi) is 3.83. The maximum absolute atomic E-state index is 6.65. The minimum atomic E-state index is -0.215. The lowest BCUT2D eigenvalue weighted by atomic mass is 9.86. The molecular weight excluding hydrogens is 392 g/mol. The monoisotopic (exact) mass is 412 g/mol. The highest BCUT2D eigenvalue weighted by Gasteiger charge is 2.41. The van der Waals surface area contributed by atoms with Crippen molar-refractivity contribution in [2.24, 2.45) is 0 Å². The molecule has 4 aromatic rings. The summed E-state index contributed by atoms with van der Waals surface area (Å²) in [6.07, 6.45) is 1.40. The van der Waals surface area contributed by atoms with Gasteiger partial charge in [-0.15, -0.1) is 11.3 Å². The highest BCUT2D eigenvalue weighted by Crippen LogP contribution is 2.51. The number of fused-ring (bicyclic) bond motifs is 3. The van der Waals surface area contributed by atoms with E-state index in [0.29, 0.717) is 0 Å². The first-order valence-electron chi connectivity index (χ1n) is 9.97. The van der Waals surface area contributed by atoms with Crippen LogP contribution >= 0.6 is 11.3 Å². The number of nitrogens with zero attached hydrogens (tertiary/aromatic N) is 3. The smallest absolute Gasteiger partial charge is 0.226 e. The molecule has 0 bridgehead atoms. The molecule has 0 amide bonds. The Morgan fingerprint density at radius 3 is 2.67 bits per heavy atom. The molecule has 0 radical (unpaired) electrons. The molecule has 5 nitrogen and oxygen atoms in total. The van der Waals surface area contributed by atoms with Gasteiger partial charge in [-0.3, -0.25) is 0 Å². The van der Waals surface area contributed by atoms with Crippen LogP contribution in [-0.4, -0.2) is 14.8 Å². The molecule has 2 aromatic heterocycles. The van der Waals surface area contributed by atoms with E-state index < -0.39 is 0 Å². The zero-order valence-corrected chi connectivity index (χ0v) is 17.5. The number of benzene rings is 2. The number of rotatable bonds is 2. The van der Waals surface area contributed by atoms with Crippen LogP contribution in [0, 0.1) is 13.8 Å². The number of aromatic nitrogens is 3. The molecule has 2 aliphatic heterocycles. The Morgan fingerprint density at radius 2 is 1.87 bits per heavy atom. The van der Waals surface area contributed by atoms with Crippen molar-refractivity contribution in [2.45, 2.75) is 26.0 Å². The third-order valence-electron chi connectivity index (χ3n) is 5.76. The fourth-order valence-electron chi connectivity index (χ4n) is 4.32. The van der Waals surface area contributed by atoms with Crippen molar-refractivity contribution in [3.05, 3.63) is 99.0 Å². The van der Waals surface area contributed by atoms with Gasteiger partial charge in [-0.2, -0.15) is 10.1 Å². The highest BCUT2D eigenvalue weighted by atomic mass is 32.1. The van der Waals surface area contributed by atoms with Gasteiger partial charge in [-0.1, -0.05) is 47.5 Å². The number of ether oxygens (including phenoxy) is 1. The van der Waals surface area contributed by atoms with Crippen molar-refractivity contribution in [1.29, 1.82) is 0 Å². The molecular formula is C24H20N4OS. The van der Waals surface area contributed by atoms with Crippen molar-refractivity contribution in [2.75, 3.05) is 5.32 Å². The number of hydrogen-bond donors (Lipinski definition) is 1. The fourth-order valence-corrected chi connectivity index (χ4v) is 5.15. The largest absolute Gasteiger partial charge is 0.480 e. The van der Waals surface area contributed by atoms with E-state index in [9.17, 15) is 0 Å². The van der Waals surface area contributed by atoms with Gasteiger partial charge in [0.15, 0.2) is 0 Å². The zero-order valence-electron chi connectivity index (χ0n) is 16.7. The summed E-state index contributed by atoms with van der Waals surface area (Å²) in [5, 5.41) is 10.2. The molecule has 2 aliphatic rings. The number of anilines is 1. The van der Waals surface area contributed by atoms with Crippen molar-refractivity contribution in [3.8, 4) is 5.75 Å². The number of thiophene rings is 1. The lowest BCUT2D eigenvalue weighted by Crippen LogP contribution is -2.32. The number of aryl methyl sites for hydroxylation is 2. The molecule has 0 aliphatic carbocycles. The Bertz CT molecular complexity index is 1270. The Hall–Kier alpha value is -3.38. The first-order valence-corrected chi connectivity index (χ1v) is 10.9. The third-order valence-corrected chi connectivity index (χ3v) is 6.69. The second-order valence-electron chi connectivity index (χ2n) is 7.81. The van der Waals surface area contributed by atoms with Crippen molar-refractivity contribution in [1.82, 2.24) is 14.8 Å². The van der Waals surface area contributed by atoms with E-state index in [0.717, 1.165) is 34.1 Å². The predicted octanol–water partition coefficient (Wildman–Crippen LogP) is 5.52. The van der Waals surface area contributed by atoms with E-state index in [2.05, 4.69) is 89.2 Å². The molecule has 148 valence electrons. The summed E-state index contributed by atoms with van der Waals surface area (Å²) < 4.78 is 8.62. The molecule has 0 saturated heterocycles. The fraction of sp³-hybridized carbons (Fsp3) is 0.167. The van der Waals surface area contributed by atoms with Gasteiger partial charge in [0.2, 0.25) is 5.95 Å². The lowest BCUT2D eigenvalue weighted by molar-refractivity contribution is 0.223. The maximum Gasteiger partial charge on any atom is 0.226 e. The minimum Gasteiger partial charge on any atom is -0.480 e. The molecule has 6 heteroatoms. The van der Waals surface area contributed by atoms with E-state index >= 15 is 0 Å². The molecule has 30 heavy (non-hydrogen) atoms. The van der Waals surface area contributed by atoms with Crippen LogP contribution in [-0.2, 0) is 0 Å². The van der Waals surface area contributed by atoms with Crippen LogP contribution in [0.4, 0.5) is 5.95 Å². The zero-order chi connectivity index (χ0) is 20.2. The van der Waals surface area contributed by atoms with Crippen molar-refractivity contribution < 1.29 is 4.74 Å². The van der Waals surface area contributed by atoms with Crippen LogP contribution in [0.1, 0.15) is 39.3 Å². The average Bonchev–Trinajstić information content (AvgIpc) is 3.44. The third kappa shape index (κ3) is 2.60. The maximum atomic E-state index is 6.65. The molecule has 0 saturated carbocycles. The topological polar surface area (TPSA) is 52.0 Å². The van der Waals surface area contributed by atoms with E-state index in [1.54, 1.807) is 17.7 Å². The quantitative estimate of drug-likeness (QED) is 0.471. The van der Waals surface area contributed by atoms with Crippen LogP contribution in [0.3, 0.4) is 0 Å². The molecule has 0 unspecified atom stereocenters. The number of nitrogens with one attached hydrogen (secondary N) is 1. The lowest BCUT2D eigenvalue weighted by Gasteiger charge is -2.38. The molecule has 2 aromatic carbocycles. The van der Waals surface area contributed by atoms with Crippen molar-refractivity contribution in [3.63, 3.8) is 0 Å². The van der Waals surface area contributed by atoms with Gasteiger partial charge in [0.25, 0.3) is 0 Å². The molecule has 6 rings (SSSR count). The summed E-state index contributed by atoms with van der Waals surface area (Å²) in [6.45, 7) is 4.21. The molecule has 0 fully saturated rings. The normalized spacial score (nSPS) is 19.4. The summed E-state index contributed by atoms with van der Waals surface area (Å²) in [5.74, 6) is 1.64. The van der Waals surface area contributed by atoms with Gasteiger partial charge < -0.3 is 10.1 Å². The second kappa shape index (κ2) is 6.57. The summed E-state index contributed by atoms with van der Waals surface area (Å²) in [7, 11) is 0. The van der Waals surface area contributed by atoms with Gasteiger partial charge in [0, 0.05) is 16.0 Å². The molecule has 4 heterocycles. The Balaban J connectivity index is 1.63. The summed E-state index contributed by atoms with van der Waals surface area (Å²) in [4.78, 5) is 5.70. The van der Waals surface area contributed by atoms with Gasteiger partial charge in [0.1, 0.15) is 24.2 Å². The first kappa shape index (κ1) is 17.5. The molecule has 2 atom stereocenters. The number of hydrogen-bond acceptors (Lipinski definition) is 5. The SMILES string of the molecule is Cc1ccc([C@@H]2Oc3ccc(C)cc3C3=C2[C@H](c2cccs2)n2ncnc2N3)cc1. The van der Waals surface area contributed by atoms with Crippen LogP contribution in [0.25, 0.3) is 5.70 Å². The Labute approximate surface area is 178 Å². The molecule has 0 spiro atoms. The second-order valence-corrected chi connectivity index (χ2v) is 8.79. The van der Waals surface area contributed by atoms with Crippen LogP contribution in [0.2, 0.25) is 0 Å². The van der Waals surface area contributed by atoms with E-state index in [1.807, 2.05) is 4.68 Å². The van der Waals surface area contributed by atoms with Crippen LogP contribution in [0.5, 0.6) is 5.75 Å². The van der Waals surface area contributed by atoms with Crippen LogP contribution in [0.15, 0.2) is 71.9 Å². The predicted molar refractivity (Wildman–Crippen MR) is 119 cm³/mol. The summed E-state index contributed by atoms with van der Waals surface area (Å²) >= 11 is 1.73. The van der Waals surface area contributed by atoms with Crippen molar-refractivity contribution >= 4 is 23.0 Å². The highest BCUT2D eigenvalue weighted by molar-refractivity contribution is 7.10. The Morgan fingerprint density at radius 1 is 1.03 bits per heavy atom. The summed E-state index contributed by atoms with van der Waals surface area (Å²) in [6, 6.07) is 19.1. The molecule has 1 N–H and O–H groups in total. The minimum absolute atomic E-state index is 0.0706. The standard InChI is InChI=1S/C24H20N4OS/c1-14-5-8-16(9-6-14)23-20-21(17-12-15(2)7-10-18(17)29-23)27-24-25-13-26-28(24)22(20)19-4-3-11-30-19/h3-13,22-23H,1-2H3,(H,25,26,27)/t22-,23-/m0/s1. The van der Waals surface area contributed by atoms with E-state index in [4.69, 9.17) is 4.74 Å². The summed E-state index contributed by atoms with van der Waals surface area (Å²) in [5.41, 5.74) is 6.87. The van der Waals surface area contributed by atoms with Gasteiger partial charge in [-0.25, -0.2) is 4.68 Å². The van der Waals surface area contributed by atoms with Gasteiger partial charge in [0.05, 0.1) is 5.70 Å². The first-order chi connectivity index (χ1) is 14.7.